The Bertz CT molecular complexity index is 431. The summed E-state index contributed by atoms with van der Waals surface area (Å²) < 4.78 is 10.8. The molecule has 0 aliphatic carbocycles. The summed E-state index contributed by atoms with van der Waals surface area (Å²) in [7, 11) is 0. The fraction of sp³-hybridized carbons (Fsp3) is 0.364. The number of amides is 1. The van der Waals surface area contributed by atoms with Crippen molar-refractivity contribution < 1.29 is 14.3 Å². The van der Waals surface area contributed by atoms with Gasteiger partial charge in [-0.3, -0.25) is 4.79 Å². The number of carbonyl (C=O) groups is 1. The summed E-state index contributed by atoms with van der Waals surface area (Å²) in [5.74, 6) is 1.32. The number of epoxide rings is 1. The third-order valence-electron chi connectivity index (χ3n) is 2.43. The molecule has 1 saturated heterocycles. The van der Waals surface area contributed by atoms with Crippen LogP contribution < -0.4 is 10.1 Å². The first kappa shape index (κ1) is 9.99. The van der Waals surface area contributed by atoms with E-state index in [1.807, 2.05) is 18.2 Å². The highest BCUT2D eigenvalue weighted by molar-refractivity contribution is 8.00. The summed E-state index contributed by atoms with van der Waals surface area (Å²) in [6.45, 7) is 1.38. The number of ether oxygens (including phenoxy) is 2. The minimum Gasteiger partial charge on any atom is -0.490 e. The first-order valence-electron chi connectivity index (χ1n) is 5.13. The molecule has 1 aromatic rings. The molecule has 84 valence electrons. The van der Waals surface area contributed by atoms with Crippen molar-refractivity contribution >= 4 is 23.4 Å². The number of carbonyl (C=O) groups excluding carboxylic acids is 1. The normalized spacial score (nSPS) is 22.2. The van der Waals surface area contributed by atoms with Gasteiger partial charge in [0.25, 0.3) is 0 Å². The van der Waals surface area contributed by atoms with Crippen LogP contribution in [0, 0.1) is 0 Å². The average molecular weight is 237 g/mol. The Kier molecular flexibility index (Phi) is 2.49. The van der Waals surface area contributed by atoms with Crippen LogP contribution in [0.1, 0.15) is 0 Å². The van der Waals surface area contributed by atoms with Gasteiger partial charge in [0.1, 0.15) is 18.5 Å². The SMILES string of the molecule is O=C1CSc2c(cccc2OCC2CO2)N1. The zero-order chi connectivity index (χ0) is 11.0. The lowest BCUT2D eigenvalue weighted by atomic mass is 10.3. The third-order valence-corrected chi connectivity index (χ3v) is 3.54. The standard InChI is InChI=1S/C11H11NO3S/c13-10-6-16-11-8(12-10)2-1-3-9(11)15-5-7-4-14-7/h1-3,7H,4-6H2,(H,12,13). The lowest BCUT2D eigenvalue weighted by molar-refractivity contribution is -0.113. The van der Waals surface area contributed by atoms with E-state index in [1.54, 1.807) is 0 Å². The van der Waals surface area contributed by atoms with Gasteiger partial charge in [-0.05, 0) is 12.1 Å². The highest BCUT2D eigenvalue weighted by Gasteiger charge is 2.25. The Labute approximate surface area is 97.3 Å². The monoisotopic (exact) mass is 237 g/mol. The number of thioether (sulfide) groups is 1. The van der Waals surface area contributed by atoms with Gasteiger partial charge in [0.2, 0.25) is 5.91 Å². The molecule has 16 heavy (non-hydrogen) atoms. The molecule has 1 amide bonds. The fourth-order valence-corrected chi connectivity index (χ4v) is 2.44. The van der Waals surface area contributed by atoms with Crippen LogP contribution in [0.3, 0.4) is 0 Å². The van der Waals surface area contributed by atoms with E-state index in [0.29, 0.717) is 12.4 Å². The van der Waals surface area contributed by atoms with E-state index in [-0.39, 0.29) is 12.0 Å². The lowest BCUT2D eigenvalue weighted by Gasteiger charge is -2.19. The predicted octanol–water partition coefficient (Wildman–Crippen LogP) is 1.51. The Morgan fingerprint density at radius 3 is 3.25 bits per heavy atom. The maximum absolute atomic E-state index is 11.2. The highest BCUT2D eigenvalue weighted by atomic mass is 32.2. The quantitative estimate of drug-likeness (QED) is 0.810. The minimum atomic E-state index is 0.0418. The van der Waals surface area contributed by atoms with Crippen molar-refractivity contribution in [2.45, 2.75) is 11.0 Å². The molecule has 3 rings (SSSR count). The van der Waals surface area contributed by atoms with E-state index in [2.05, 4.69) is 5.32 Å². The van der Waals surface area contributed by atoms with E-state index in [4.69, 9.17) is 9.47 Å². The van der Waals surface area contributed by atoms with E-state index < -0.39 is 0 Å². The maximum Gasteiger partial charge on any atom is 0.234 e. The van der Waals surface area contributed by atoms with Crippen LogP contribution in [0.2, 0.25) is 0 Å². The molecule has 2 aliphatic heterocycles. The second-order valence-electron chi connectivity index (χ2n) is 3.74. The number of hydrogen-bond acceptors (Lipinski definition) is 4. The van der Waals surface area contributed by atoms with Crippen LogP contribution in [0.15, 0.2) is 23.1 Å². The van der Waals surface area contributed by atoms with Gasteiger partial charge in [0.05, 0.1) is 22.9 Å². The van der Waals surface area contributed by atoms with Crippen molar-refractivity contribution in [1.82, 2.24) is 0 Å². The molecular weight excluding hydrogens is 226 g/mol. The molecule has 1 atom stereocenters. The van der Waals surface area contributed by atoms with Gasteiger partial charge in [-0.1, -0.05) is 6.07 Å². The van der Waals surface area contributed by atoms with Crippen LogP contribution in [-0.2, 0) is 9.53 Å². The Morgan fingerprint density at radius 2 is 2.44 bits per heavy atom. The fourth-order valence-electron chi connectivity index (χ4n) is 1.55. The third kappa shape index (κ3) is 2.01. The molecule has 1 fully saturated rings. The number of benzene rings is 1. The van der Waals surface area contributed by atoms with Crippen molar-refractivity contribution in [2.75, 3.05) is 24.3 Å². The van der Waals surface area contributed by atoms with Crippen molar-refractivity contribution in [2.24, 2.45) is 0 Å². The zero-order valence-corrected chi connectivity index (χ0v) is 9.38. The zero-order valence-electron chi connectivity index (χ0n) is 8.56. The second-order valence-corrected chi connectivity index (χ2v) is 4.72. The average Bonchev–Trinajstić information content (AvgIpc) is 3.09. The van der Waals surface area contributed by atoms with Gasteiger partial charge in [-0.25, -0.2) is 0 Å². The van der Waals surface area contributed by atoms with Gasteiger partial charge >= 0.3 is 0 Å². The van der Waals surface area contributed by atoms with Crippen molar-refractivity contribution in [3.63, 3.8) is 0 Å². The number of fused-ring (bicyclic) bond motifs is 1. The number of nitrogens with one attached hydrogen (secondary N) is 1. The molecule has 1 unspecified atom stereocenters. The van der Waals surface area contributed by atoms with Crippen LogP contribution in [0.25, 0.3) is 0 Å². The van der Waals surface area contributed by atoms with Gasteiger partial charge < -0.3 is 14.8 Å². The van der Waals surface area contributed by atoms with E-state index in [9.17, 15) is 4.79 Å². The van der Waals surface area contributed by atoms with Gasteiger partial charge in [0, 0.05) is 0 Å². The molecule has 0 aromatic heterocycles. The smallest absolute Gasteiger partial charge is 0.234 e. The van der Waals surface area contributed by atoms with E-state index in [1.165, 1.54) is 11.8 Å². The maximum atomic E-state index is 11.2. The molecular formula is C11H11NO3S. The topological polar surface area (TPSA) is 50.9 Å². The molecule has 0 bridgehead atoms. The molecule has 2 aliphatic rings. The highest BCUT2D eigenvalue weighted by Crippen LogP contribution is 2.39. The molecule has 2 heterocycles. The van der Waals surface area contributed by atoms with Crippen molar-refractivity contribution in [1.29, 1.82) is 0 Å². The number of hydrogen-bond donors (Lipinski definition) is 1. The summed E-state index contributed by atoms with van der Waals surface area (Å²) in [5, 5.41) is 2.83. The molecule has 4 nitrogen and oxygen atoms in total. The summed E-state index contributed by atoms with van der Waals surface area (Å²) in [4.78, 5) is 12.2. The summed E-state index contributed by atoms with van der Waals surface area (Å²) in [6, 6.07) is 5.69. The first-order chi connectivity index (χ1) is 7.83. The van der Waals surface area contributed by atoms with Gasteiger partial charge in [-0.2, -0.15) is 0 Å². The van der Waals surface area contributed by atoms with Crippen LogP contribution in [0.5, 0.6) is 5.75 Å². The van der Waals surface area contributed by atoms with Crippen molar-refractivity contribution in [3.8, 4) is 5.75 Å². The Balaban J connectivity index is 1.81. The molecule has 1 N–H and O–H groups in total. The molecule has 1 aromatic carbocycles. The largest absolute Gasteiger partial charge is 0.490 e. The second kappa shape index (κ2) is 3.99. The van der Waals surface area contributed by atoms with Gasteiger partial charge in [0.15, 0.2) is 0 Å². The Hall–Kier alpha value is -1.20. The van der Waals surface area contributed by atoms with Crippen LogP contribution in [0.4, 0.5) is 5.69 Å². The molecule has 0 radical (unpaired) electrons. The molecule has 5 heteroatoms. The van der Waals surface area contributed by atoms with Crippen LogP contribution in [-0.4, -0.2) is 31.0 Å². The van der Waals surface area contributed by atoms with E-state index in [0.717, 1.165) is 22.9 Å². The summed E-state index contributed by atoms with van der Waals surface area (Å²) >= 11 is 1.52. The van der Waals surface area contributed by atoms with E-state index >= 15 is 0 Å². The number of rotatable bonds is 3. The first-order valence-corrected chi connectivity index (χ1v) is 6.11. The van der Waals surface area contributed by atoms with Crippen LogP contribution >= 0.6 is 11.8 Å². The summed E-state index contributed by atoms with van der Waals surface area (Å²) in [5.41, 5.74) is 0.843. The summed E-state index contributed by atoms with van der Waals surface area (Å²) in [6.07, 6.45) is 0.249. The molecule has 0 saturated carbocycles. The van der Waals surface area contributed by atoms with Crippen molar-refractivity contribution in [3.05, 3.63) is 18.2 Å². The predicted molar refractivity (Wildman–Crippen MR) is 61.0 cm³/mol. The lowest BCUT2D eigenvalue weighted by Crippen LogP contribution is -2.19. The Morgan fingerprint density at radius 1 is 1.56 bits per heavy atom. The molecule has 0 spiro atoms. The number of anilines is 1. The minimum absolute atomic E-state index is 0.0418. The van der Waals surface area contributed by atoms with Gasteiger partial charge in [-0.15, -0.1) is 11.8 Å².